The standard InChI is InChI=1S/C7H15S/c1-7-5-3-4-6-8(7)2/h7H,3-6H2,1-2H3/q+1/t7-,8?/m1/s1. The van der Waals surface area contributed by atoms with E-state index < -0.39 is 0 Å². The molecule has 1 rings (SSSR count). The van der Waals surface area contributed by atoms with Crippen LogP contribution >= 0.6 is 0 Å². The minimum atomic E-state index is 0.765. The van der Waals surface area contributed by atoms with Crippen molar-refractivity contribution in [3.63, 3.8) is 0 Å². The summed E-state index contributed by atoms with van der Waals surface area (Å²) in [5, 5.41) is 1.03. The fourth-order valence-electron chi connectivity index (χ4n) is 1.16. The summed E-state index contributed by atoms with van der Waals surface area (Å²) in [4.78, 5) is 0. The third kappa shape index (κ3) is 1.41. The summed E-state index contributed by atoms with van der Waals surface area (Å²) in [7, 11) is 0.765. The van der Waals surface area contributed by atoms with Gasteiger partial charge in [0.25, 0.3) is 0 Å². The molecular weight excluding hydrogens is 116 g/mol. The molecule has 0 saturated carbocycles. The van der Waals surface area contributed by atoms with E-state index in [4.69, 9.17) is 0 Å². The van der Waals surface area contributed by atoms with Crippen molar-refractivity contribution in [1.29, 1.82) is 0 Å². The lowest BCUT2D eigenvalue weighted by Crippen LogP contribution is -2.24. The molecule has 48 valence electrons. The van der Waals surface area contributed by atoms with Gasteiger partial charge in [-0.1, -0.05) is 0 Å². The Balaban J connectivity index is 2.28. The fraction of sp³-hybridized carbons (Fsp3) is 1.00. The van der Waals surface area contributed by atoms with Crippen LogP contribution in [0.3, 0.4) is 0 Å². The third-order valence-electron chi connectivity index (χ3n) is 2.01. The molecule has 1 unspecified atom stereocenters. The van der Waals surface area contributed by atoms with Crippen LogP contribution in [-0.4, -0.2) is 17.3 Å². The second-order valence-corrected chi connectivity index (χ2v) is 5.30. The maximum atomic E-state index is 2.41. The van der Waals surface area contributed by atoms with Gasteiger partial charge in [0, 0.05) is 0 Å². The van der Waals surface area contributed by atoms with E-state index in [9.17, 15) is 0 Å². The monoisotopic (exact) mass is 131 g/mol. The van der Waals surface area contributed by atoms with Gasteiger partial charge in [-0.05, 0) is 37.1 Å². The fourth-order valence-corrected chi connectivity index (χ4v) is 2.79. The van der Waals surface area contributed by atoms with Gasteiger partial charge in [0.05, 0.1) is 6.26 Å². The van der Waals surface area contributed by atoms with Gasteiger partial charge in [0.1, 0.15) is 11.0 Å². The first kappa shape index (κ1) is 6.47. The smallest absolute Gasteiger partial charge is 0.0441 e. The molecule has 0 aromatic rings. The maximum absolute atomic E-state index is 2.41. The summed E-state index contributed by atoms with van der Waals surface area (Å²) in [5.74, 6) is 1.50. The largest absolute Gasteiger partial charge is 0.115 e. The molecule has 1 fully saturated rings. The molecule has 1 aliphatic heterocycles. The molecule has 2 atom stereocenters. The molecular formula is C7H15S+. The summed E-state index contributed by atoms with van der Waals surface area (Å²) in [6.45, 7) is 2.39. The Morgan fingerprint density at radius 1 is 1.38 bits per heavy atom. The lowest BCUT2D eigenvalue weighted by Gasteiger charge is -2.16. The predicted octanol–water partition coefficient (Wildman–Crippen LogP) is 1.81. The normalized spacial score (nSPS) is 39.8. The molecule has 0 amide bonds. The molecule has 0 aliphatic carbocycles. The molecule has 1 heterocycles. The quantitative estimate of drug-likeness (QED) is 0.440. The number of rotatable bonds is 0. The Morgan fingerprint density at radius 2 is 2.12 bits per heavy atom. The highest BCUT2D eigenvalue weighted by atomic mass is 32.2. The van der Waals surface area contributed by atoms with Crippen molar-refractivity contribution in [3.05, 3.63) is 0 Å². The topological polar surface area (TPSA) is 0 Å². The van der Waals surface area contributed by atoms with E-state index >= 15 is 0 Å². The second kappa shape index (κ2) is 2.77. The van der Waals surface area contributed by atoms with Crippen LogP contribution in [0, 0.1) is 0 Å². The lowest BCUT2D eigenvalue weighted by molar-refractivity contribution is 0.686. The molecule has 0 radical (unpaired) electrons. The van der Waals surface area contributed by atoms with Crippen LogP contribution in [0.2, 0.25) is 0 Å². The average Bonchev–Trinajstić information content (AvgIpc) is 1.77. The molecule has 1 aliphatic rings. The molecule has 1 heteroatoms. The van der Waals surface area contributed by atoms with E-state index in [1.165, 1.54) is 25.0 Å². The van der Waals surface area contributed by atoms with Crippen LogP contribution in [0.25, 0.3) is 0 Å². The third-order valence-corrected chi connectivity index (χ3v) is 4.56. The summed E-state index contributed by atoms with van der Waals surface area (Å²) < 4.78 is 0. The van der Waals surface area contributed by atoms with E-state index in [2.05, 4.69) is 13.2 Å². The average molecular weight is 131 g/mol. The van der Waals surface area contributed by atoms with Crippen LogP contribution in [-0.2, 0) is 10.9 Å². The zero-order chi connectivity index (χ0) is 5.98. The first-order valence-corrected chi connectivity index (χ1v) is 5.28. The van der Waals surface area contributed by atoms with Crippen molar-refractivity contribution in [2.75, 3.05) is 12.0 Å². The minimum Gasteiger partial charge on any atom is -0.0441 e. The van der Waals surface area contributed by atoms with Gasteiger partial charge in [0.2, 0.25) is 0 Å². The first-order chi connectivity index (χ1) is 3.80. The van der Waals surface area contributed by atoms with Gasteiger partial charge in [0.15, 0.2) is 0 Å². The van der Waals surface area contributed by atoms with Crippen molar-refractivity contribution in [3.8, 4) is 0 Å². The minimum absolute atomic E-state index is 0.765. The summed E-state index contributed by atoms with van der Waals surface area (Å²) in [5.41, 5.74) is 0. The van der Waals surface area contributed by atoms with Crippen LogP contribution in [0.5, 0.6) is 0 Å². The van der Waals surface area contributed by atoms with Gasteiger partial charge in [-0.15, -0.1) is 0 Å². The molecule has 0 N–H and O–H groups in total. The Labute approximate surface area is 55.0 Å². The van der Waals surface area contributed by atoms with Crippen molar-refractivity contribution < 1.29 is 0 Å². The van der Waals surface area contributed by atoms with Gasteiger partial charge < -0.3 is 0 Å². The predicted molar refractivity (Wildman–Crippen MR) is 41.5 cm³/mol. The number of hydrogen-bond donors (Lipinski definition) is 0. The number of hydrogen-bond acceptors (Lipinski definition) is 0. The van der Waals surface area contributed by atoms with Crippen LogP contribution in [0.4, 0.5) is 0 Å². The van der Waals surface area contributed by atoms with Crippen molar-refractivity contribution in [1.82, 2.24) is 0 Å². The van der Waals surface area contributed by atoms with E-state index in [1.807, 2.05) is 0 Å². The molecule has 0 aromatic carbocycles. The highest BCUT2D eigenvalue weighted by molar-refractivity contribution is 7.96. The molecule has 8 heavy (non-hydrogen) atoms. The van der Waals surface area contributed by atoms with E-state index in [0.29, 0.717) is 0 Å². The van der Waals surface area contributed by atoms with Gasteiger partial charge >= 0.3 is 0 Å². The zero-order valence-electron chi connectivity index (χ0n) is 5.81. The van der Waals surface area contributed by atoms with Gasteiger partial charge in [-0.2, -0.15) is 0 Å². The van der Waals surface area contributed by atoms with Crippen LogP contribution in [0.1, 0.15) is 26.2 Å². The lowest BCUT2D eigenvalue weighted by atomic mass is 10.2. The summed E-state index contributed by atoms with van der Waals surface area (Å²) in [6, 6.07) is 0. The van der Waals surface area contributed by atoms with Crippen molar-refractivity contribution >= 4 is 10.9 Å². The second-order valence-electron chi connectivity index (χ2n) is 2.70. The summed E-state index contributed by atoms with van der Waals surface area (Å²) in [6.07, 6.45) is 6.87. The molecule has 0 spiro atoms. The first-order valence-electron chi connectivity index (χ1n) is 3.42. The highest BCUT2D eigenvalue weighted by Gasteiger charge is 2.24. The van der Waals surface area contributed by atoms with Crippen molar-refractivity contribution in [2.45, 2.75) is 31.4 Å². The molecule has 0 aromatic heterocycles. The van der Waals surface area contributed by atoms with Gasteiger partial charge in [-0.25, -0.2) is 0 Å². The molecule has 0 bridgehead atoms. The van der Waals surface area contributed by atoms with E-state index in [0.717, 1.165) is 16.1 Å². The molecule has 0 nitrogen and oxygen atoms in total. The zero-order valence-corrected chi connectivity index (χ0v) is 6.63. The Hall–Kier alpha value is 0.350. The van der Waals surface area contributed by atoms with Crippen LogP contribution in [0.15, 0.2) is 0 Å². The van der Waals surface area contributed by atoms with E-state index in [1.54, 1.807) is 0 Å². The van der Waals surface area contributed by atoms with Crippen LogP contribution < -0.4 is 0 Å². The maximum Gasteiger partial charge on any atom is 0.115 e. The summed E-state index contributed by atoms with van der Waals surface area (Å²) >= 11 is 0. The van der Waals surface area contributed by atoms with E-state index in [-0.39, 0.29) is 0 Å². The Bertz CT molecular complexity index is 60.8. The Kier molecular flexibility index (Phi) is 2.24. The van der Waals surface area contributed by atoms with Crippen molar-refractivity contribution in [2.24, 2.45) is 0 Å². The molecule has 1 saturated heterocycles. The highest BCUT2D eigenvalue weighted by Crippen LogP contribution is 2.18. The SMILES string of the molecule is C[C@@H]1CCCC[S+]1C. The van der Waals surface area contributed by atoms with Gasteiger partial charge in [-0.3, -0.25) is 0 Å². The Morgan fingerprint density at radius 3 is 2.50 bits per heavy atom.